The second-order valence-corrected chi connectivity index (χ2v) is 6.48. The van der Waals surface area contributed by atoms with Crippen LogP contribution in [0.5, 0.6) is 17.2 Å². The fraction of sp³-hybridized carbons (Fsp3) is 0.273. The quantitative estimate of drug-likeness (QED) is 0.461. The van der Waals surface area contributed by atoms with Gasteiger partial charge in [0.2, 0.25) is 5.75 Å². The summed E-state index contributed by atoms with van der Waals surface area (Å²) in [5.41, 5.74) is 2.74. The molecule has 0 aliphatic carbocycles. The summed E-state index contributed by atoms with van der Waals surface area (Å²) in [4.78, 5) is 24.6. The number of methoxy groups -OCH3 is 3. The lowest BCUT2D eigenvalue weighted by Crippen LogP contribution is -2.10. The maximum Gasteiger partial charge on any atom is 0.342 e. The molecule has 0 radical (unpaired) electrons. The van der Waals surface area contributed by atoms with E-state index in [2.05, 4.69) is 0 Å². The number of aryl methyl sites for hydroxylation is 2. The molecule has 0 aliphatic heterocycles. The highest BCUT2D eigenvalue weighted by Crippen LogP contribution is 2.40. The van der Waals surface area contributed by atoms with Crippen LogP contribution in [-0.4, -0.2) is 27.3 Å². The topological polar surface area (TPSA) is 84.2 Å². The van der Waals surface area contributed by atoms with E-state index in [4.69, 9.17) is 23.4 Å². The van der Waals surface area contributed by atoms with E-state index in [1.165, 1.54) is 33.5 Å². The Morgan fingerprint density at radius 1 is 0.931 bits per heavy atom. The predicted octanol–water partition coefficient (Wildman–Crippen LogP) is 3.79. The Kier molecular flexibility index (Phi) is 5.77. The van der Waals surface area contributed by atoms with E-state index in [-0.39, 0.29) is 17.9 Å². The van der Waals surface area contributed by atoms with Crippen LogP contribution in [0.15, 0.2) is 39.5 Å². The molecule has 1 heterocycles. The fourth-order valence-corrected chi connectivity index (χ4v) is 3.09. The van der Waals surface area contributed by atoms with Crippen molar-refractivity contribution in [3.05, 3.63) is 63.0 Å². The van der Waals surface area contributed by atoms with Crippen LogP contribution in [0.25, 0.3) is 11.0 Å². The minimum atomic E-state index is -0.618. The van der Waals surface area contributed by atoms with E-state index in [9.17, 15) is 9.59 Å². The van der Waals surface area contributed by atoms with Crippen LogP contribution < -0.4 is 19.8 Å². The zero-order valence-electron chi connectivity index (χ0n) is 17.0. The molecule has 7 nitrogen and oxygen atoms in total. The molecule has 0 bridgehead atoms. The average molecular weight is 398 g/mol. The molecule has 3 rings (SSSR count). The van der Waals surface area contributed by atoms with Gasteiger partial charge in [0.25, 0.3) is 0 Å². The molecular formula is C22H22O7. The Morgan fingerprint density at radius 2 is 1.62 bits per heavy atom. The van der Waals surface area contributed by atoms with Gasteiger partial charge in [0, 0.05) is 17.0 Å². The average Bonchev–Trinajstić information content (AvgIpc) is 2.71. The molecule has 0 unspecified atom stereocenters. The molecule has 7 heteroatoms. The van der Waals surface area contributed by atoms with Crippen LogP contribution in [-0.2, 0) is 11.3 Å². The van der Waals surface area contributed by atoms with E-state index in [0.29, 0.717) is 22.6 Å². The molecule has 0 fully saturated rings. The zero-order chi connectivity index (χ0) is 21.1. The summed E-state index contributed by atoms with van der Waals surface area (Å²) in [6.45, 7) is 3.80. The van der Waals surface area contributed by atoms with Gasteiger partial charge in [-0.3, -0.25) is 0 Å². The van der Waals surface area contributed by atoms with Gasteiger partial charge in [0.1, 0.15) is 17.8 Å². The molecule has 0 spiro atoms. The van der Waals surface area contributed by atoms with Crippen LogP contribution in [0.3, 0.4) is 0 Å². The third kappa shape index (κ3) is 3.89. The first-order valence-corrected chi connectivity index (χ1v) is 8.89. The van der Waals surface area contributed by atoms with E-state index >= 15 is 0 Å². The van der Waals surface area contributed by atoms with Crippen molar-refractivity contribution in [2.24, 2.45) is 0 Å². The van der Waals surface area contributed by atoms with Gasteiger partial charge in [-0.1, -0.05) is 0 Å². The maximum atomic E-state index is 12.7. The highest BCUT2D eigenvalue weighted by atomic mass is 16.5. The van der Waals surface area contributed by atoms with Gasteiger partial charge >= 0.3 is 11.6 Å². The van der Waals surface area contributed by atoms with Crippen LogP contribution in [0.4, 0.5) is 0 Å². The monoisotopic (exact) mass is 398 g/mol. The first kappa shape index (κ1) is 20.3. The number of esters is 1. The molecule has 29 heavy (non-hydrogen) atoms. The van der Waals surface area contributed by atoms with Crippen molar-refractivity contribution >= 4 is 16.9 Å². The third-order valence-electron chi connectivity index (χ3n) is 4.73. The smallest absolute Gasteiger partial charge is 0.342 e. The summed E-state index contributed by atoms with van der Waals surface area (Å²) in [6, 6.07) is 8.17. The normalized spacial score (nSPS) is 10.7. The van der Waals surface area contributed by atoms with Crippen molar-refractivity contribution in [1.29, 1.82) is 0 Å². The Labute approximate surface area is 167 Å². The number of carbonyl (C=O) groups is 1. The lowest BCUT2D eigenvalue weighted by molar-refractivity contribution is 0.0469. The minimum Gasteiger partial charge on any atom is -0.493 e. The zero-order valence-corrected chi connectivity index (χ0v) is 17.0. The number of ether oxygens (including phenoxy) is 4. The van der Waals surface area contributed by atoms with Gasteiger partial charge in [-0.2, -0.15) is 0 Å². The molecule has 0 atom stereocenters. The van der Waals surface area contributed by atoms with Gasteiger partial charge in [-0.05, 0) is 49.2 Å². The first-order chi connectivity index (χ1) is 13.9. The predicted molar refractivity (Wildman–Crippen MR) is 107 cm³/mol. The summed E-state index contributed by atoms with van der Waals surface area (Å²) in [6.07, 6.45) is 0. The van der Waals surface area contributed by atoms with Crippen molar-refractivity contribution in [3.8, 4) is 17.2 Å². The summed E-state index contributed by atoms with van der Waals surface area (Å²) in [5, 5.41) is 0.722. The molecule has 152 valence electrons. The van der Waals surface area contributed by atoms with Crippen LogP contribution in [0, 0.1) is 13.8 Å². The van der Waals surface area contributed by atoms with Crippen LogP contribution in [0.1, 0.15) is 27.0 Å². The number of hydrogen-bond donors (Lipinski definition) is 0. The summed E-state index contributed by atoms with van der Waals surface area (Å²) in [7, 11) is 4.37. The Hall–Kier alpha value is -3.48. The number of benzene rings is 2. The molecular weight excluding hydrogens is 376 g/mol. The third-order valence-corrected chi connectivity index (χ3v) is 4.73. The number of carbonyl (C=O) groups excluding carboxylic acids is 1. The number of hydrogen-bond acceptors (Lipinski definition) is 7. The minimum absolute atomic E-state index is 0.0963. The lowest BCUT2D eigenvalue weighted by atomic mass is 10.0. The largest absolute Gasteiger partial charge is 0.493 e. The van der Waals surface area contributed by atoms with Crippen molar-refractivity contribution in [2.45, 2.75) is 20.5 Å². The van der Waals surface area contributed by atoms with Crippen LogP contribution >= 0.6 is 0 Å². The highest BCUT2D eigenvalue weighted by molar-refractivity contribution is 5.94. The van der Waals surface area contributed by atoms with Crippen LogP contribution in [0.2, 0.25) is 0 Å². The van der Waals surface area contributed by atoms with Crippen molar-refractivity contribution < 1.29 is 28.2 Å². The Bertz CT molecular complexity index is 1130. The van der Waals surface area contributed by atoms with Crippen molar-refractivity contribution in [3.63, 3.8) is 0 Å². The summed E-state index contributed by atoms with van der Waals surface area (Å²) >= 11 is 0. The molecule has 0 N–H and O–H groups in total. The molecule has 3 aromatic rings. The summed E-state index contributed by atoms with van der Waals surface area (Å²) < 4.78 is 26.6. The number of fused-ring (bicyclic) bond motifs is 1. The fourth-order valence-electron chi connectivity index (χ4n) is 3.09. The van der Waals surface area contributed by atoms with Gasteiger partial charge in [0.05, 0.1) is 21.3 Å². The molecule has 0 aliphatic rings. The van der Waals surface area contributed by atoms with Gasteiger partial charge < -0.3 is 23.4 Å². The molecule has 0 amide bonds. The van der Waals surface area contributed by atoms with Crippen molar-refractivity contribution in [1.82, 2.24) is 0 Å². The molecule has 2 aromatic carbocycles. The SMILES string of the molecule is COc1ccc(C(=O)OCc2cc(=O)oc3cc(C)c(C)cc23)c(OC)c1OC. The second kappa shape index (κ2) is 8.26. The molecule has 0 saturated carbocycles. The molecule has 0 saturated heterocycles. The van der Waals surface area contributed by atoms with E-state index in [1.807, 2.05) is 19.9 Å². The van der Waals surface area contributed by atoms with Gasteiger partial charge in [0.15, 0.2) is 11.5 Å². The van der Waals surface area contributed by atoms with Gasteiger partial charge in [-0.15, -0.1) is 0 Å². The Balaban J connectivity index is 1.94. The van der Waals surface area contributed by atoms with E-state index in [1.54, 1.807) is 12.1 Å². The van der Waals surface area contributed by atoms with E-state index in [0.717, 1.165) is 16.5 Å². The lowest BCUT2D eigenvalue weighted by Gasteiger charge is -2.15. The second-order valence-electron chi connectivity index (χ2n) is 6.48. The maximum absolute atomic E-state index is 12.7. The Morgan fingerprint density at radius 3 is 2.28 bits per heavy atom. The number of rotatable bonds is 6. The summed E-state index contributed by atoms with van der Waals surface area (Å²) in [5.74, 6) is 0.313. The standard InChI is InChI=1S/C22H22O7/c1-12-8-16-14(10-19(23)29-18(16)9-13(12)2)11-28-22(24)15-6-7-17(25-3)21(27-5)20(15)26-4/h6-10H,11H2,1-5H3. The highest BCUT2D eigenvalue weighted by Gasteiger charge is 2.22. The molecule has 1 aromatic heterocycles. The first-order valence-electron chi connectivity index (χ1n) is 8.89. The van der Waals surface area contributed by atoms with Gasteiger partial charge in [-0.25, -0.2) is 9.59 Å². The van der Waals surface area contributed by atoms with Crippen molar-refractivity contribution in [2.75, 3.05) is 21.3 Å². The van der Waals surface area contributed by atoms with E-state index < -0.39 is 11.6 Å².